The summed E-state index contributed by atoms with van der Waals surface area (Å²) in [4.78, 5) is 53.2. The Labute approximate surface area is 211 Å². The number of likely N-dealkylation sites (tertiary alicyclic amines) is 1. The molecule has 1 aromatic carbocycles. The number of nitrogens with zero attached hydrogens (tertiary/aromatic N) is 1. The summed E-state index contributed by atoms with van der Waals surface area (Å²) in [6.45, 7) is 0. The third-order valence-electron chi connectivity index (χ3n) is 7.16. The maximum Gasteiger partial charge on any atom is 0.233 e. The molecule has 0 saturated carbocycles. The lowest BCUT2D eigenvalue weighted by atomic mass is 9.59. The average molecular weight is 624 g/mol. The van der Waals surface area contributed by atoms with Crippen molar-refractivity contribution in [2.75, 3.05) is 14.2 Å². The molecule has 33 heavy (non-hydrogen) atoms. The number of ketones is 2. The van der Waals surface area contributed by atoms with Gasteiger partial charge >= 0.3 is 0 Å². The van der Waals surface area contributed by atoms with Crippen molar-refractivity contribution in [3.05, 3.63) is 54.6 Å². The fourth-order valence-electron chi connectivity index (χ4n) is 5.66. The van der Waals surface area contributed by atoms with E-state index in [9.17, 15) is 24.3 Å². The molecule has 2 amide bonds. The number of benzene rings is 1. The van der Waals surface area contributed by atoms with Crippen LogP contribution >= 0.6 is 38.5 Å². The van der Waals surface area contributed by atoms with Crippen molar-refractivity contribution in [3.8, 4) is 11.5 Å². The molecule has 7 nitrogen and oxygen atoms in total. The Bertz CT molecular complexity index is 1260. The Morgan fingerprint density at radius 3 is 2.58 bits per heavy atom. The second-order valence-electron chi connectivity index (χ2n) is 8.68. The number of fused-ring (bicyclic) bond motifs is 3. The standard InChI is InChI=1S/C24H19BrINO6/c1-27-23(31)11-4-3-10-12(19(11)24(27)32)7-13-20(16(28)8-14(25)21(13)29)18(10)9-5-15(26)22(30)17(6-9)33-2/h3,5-6,8,11-12,18-19,30H,4,7H2,1-2H3. The molecule has 0 radical (unpaired) electrons. The van der Waals surface area contributed by atoms with Gasteiger partial charge in [0.25, 0.3) is 0 Å². The number of halogens is 2. The average Bonchev–Trinajstić information content (AvgIpc) is 3.02. The highest BCUT2D eigenvalue weighted by atomic mass is 127. The second-order valence-corrected chi connectivity index (χ2v) is 10.7. The van der Waals surface area contributed by atoms with Crippen molar-refractivity contribution in [3.63, 3.8) is 0 Å². The molecule has 1 fully saturated rings. The fourth-order valence-corrected chi connectivity index (χ4v) is 6.73. The summed E-state index contributed by atoms with van der Waals surface area (Å²) in [5, 5.41) is 10.3. The molecule has 5 rings (SSSR count). The molecular formula is C24H19BrINO6. The predicted molar refractivity (Wildman–Crippen MR) is 130 cm³/mol. The van der Waals surface area contributed by atoms with Gasteiger partial charge in [0.05, 0.1) is 27.0 Å². The summed E-state index contributed by atoms with van der Waals surface area (Å²) < 4.78 is 6.07. The number of phenols is 1. The van der Waals surface area contributed by atoms with Gasteiger partial charge in [-0.25, -0.2) is 0 Å². The molecular weight excluding hydrogens is 605 g/mol. The number of carbonyl (C=O) groups excluding carboxylic acids is 4. The lowest BCUT2D eigenvalue weighted by molar-refractivity contribution is -0.138. The second kappa shape index (κ2) is 7.90. The first-order valence-electron chi connectivity index (χ1n) is 10.4. The summed E-state index contributed by atoms with van der Waals surface area (Å²) in [7, 11) is 2.94. The van der Waals surface area contributed by atoms with Gasteiger partial charge in [-0.1, -0.05) is 11.6 Å². The van der Waals surface area contributed by atoms with E-state index in [1.54, 1.807) is 12.1 Å². The quantitative estimate of drug-likeness (QED) is 0.235. The van der Waals surface area contributed by atoms with Gasteiger partial charge in [0.2, 0.25) is 11.8 Å². The fraction of sp³-hybridized carbons (Fsp3) is 0.333. The smallest absolute Gasteiger partial charge is 0.233 e. The number of phenolic OH excluding ortho intramolecular Hbond substituents is 1. The first-order valence-corrected chi connectivity index (χ1v) is 12.3. The predicted octanol–water partition coefficient (Wildman–Crippen LogP) is 3.40. The number of carbonyl (C=O) groups is 4. The normalized spacial score (nSPS) is 28.9. The largest absolute Gasteiger partial charge is 0.504 e. The molecule has 170 valence electrons. The van der Waals surface area contributed by atoms with Crippen LogP contribution in [0.1, 0.15) is 24.3 Å². The number of rotatable bonds is 2. The summed E-state index contributed by atoms with van der Waals surface area (Å²) in [6.07, 6.45) is 3.88. The molecule has 9 heteroatoms. The molecule has 1 N–H and O–H groups in total. The van der Waals surface area contributed by atoms with Gasteiger partial charge in [-0.3, -0.25) is 24.1 Å². The molecule has 1 aromatic rings. The van der Waals surface area contributed by atoms with Crippen molar-refractivity contribution >= 4 is 61.9 Å². The number of Topliss-reactive ketones (excluding diaryl/α,β-unsaturated/α-hetero) is 1. The number of ether oxygens (including phenoxy) is 1. The summed E-state index contributed by atoms with van der Waals surface area (Å²) >= 11 is 5.20. The van der Waals surface area contributed by atoms with Crippen molar-refractivity contribution < 1.29 is 29.0 Å². The summed E-state index contributed by atoms with van der Waals surface area (Å²) in [6, 6.07) is 3.43. The molecule has 3 aliphatic carbocycles. The van der Waals surface area contributed by atoms with Crippen LogP contribution in [0.5, 0.6) is 11.5 Å². The van der Waals surface area contributed by atoms with Gasteiger partial charge in [0.1, 0.15) is 0 Å². The molecule has 0 spiro atoms. The third kappa shape index (κ3) is 3.18. The number of hydrogen-bond acceptors (Lipinski definition) is 6. The zero-order chi connectivity index (χ0) is 23.8. The van der Waals surface area contributed by atoms with Crippen LogP contribution in [-0.4, -0.2) is 47.5 Å². The molecule has 1 heterocycles. The molecule has 4 unspecified atom stereocenters. The Hall–Kier alpha value is -2.27. The van der Waals surface area contributed by atoms with Crippen molar-refractivity contribution in [1.82, 2.24) is 4.90 Å². The highest BCUT2D eigenvalue weighted by molar-refractivity contribution is 14.1. The van der Waals surface area contributed by atoms with E-state index in [1.165, 1.54) is 25.1 Å². The SMILES string of the molecule is COc1cc(C2C3=CCC4C(=O)N(C)C(=O)C4C3CC3=C2C(=O)C=C(Br)C3=O)cc(I)c1O. The van der Waals surface area contributed by atoms with Gasteiger partial charge in [0, 0.05) is 30.2 Å². The van der Waals surface area contributed by atoms with Crippen LogP contribution < -0.4 is 4.74 Å². The maximum absolute atomic E-state index is 13.2. The van der Waals surface area contributed by atoms with Gasteiger partial charge < -0.3 is 9.84 Å². The first-order chi connectivity index (χ1) is 15.6. The molecule has 1 saturated heterocycles. The lowest BCUT2D eigenvalue weighted by Crippen LogP contribution is -2.39. The van der Waals surface area contributed by atoms with Crippen molar-refractivity contribution in [1.29, 1.82) is 0 Å². The highest BCUT2D eigenvalue weighted by Gasteiger charge is 2.55. The van der Waals surface area contributed by atoms with Crippen LogP contribution in [0.15, 0.2) is 45.5 Å². The van der Waals surface area contributed by atoms with Gasteiger partial charge in [-0.15, -0.1) is 0 Å². The summed E-state index contributed by atoms with van der Waals surface area (Å²) in [5.41, 5.74) is 2.31. The first kappa shape index (κ1) is 22.5. The number of imide groups is 1. The number of allylic oxidation sites excluding steroid dienone is 6. The zero-order valence-corrected chi connectivity index (χ0v) is 21.5. The van der Waals surface area contributed by atoms with E-state index in [2.05, 4.69) is 15.9 Å². The number of amides is 2. The minimum atomic E-state index is -0.579. The van der Waals surface area contributed by atoms with E-state index in [4.69, 9.17) is 4.74 Å². The van der Waals surface area contributed by atoms with Gasteiger partial charge in [-0.2, -0.15) is 0 Å². The lowest BCUT2D eigenvalue weighted by Gasteiger charge is -2.42. The molecule has 0 aromatic heterocycles. The molecule has 0 bridgehead atoms. The van der Waals surface area contributed by atoms with E-state index in [-0.39, 0.29) is 51.7 Å². The van der Waals surface area contributed by atoms with Crippen LogP contribution in [0.4, 0.5) is 0 Å². The Balaban J connectivity index is 1.74. The van der Waals surface area contributed by atoms with E-state index < -0.39 is 17.8 Å². The van der Waals surface area contributed by atoms with Crippen LogP contribution in [0.25, 0.3) is 0 Å². The van der Waals surface area contributed by atoms with Crippen molar-refractivity contribution in [2.45, 2.75) is 18.8 Å². The van der Waals surface area contributed by atoms with Gasteiger partial charge in [-0.05, 0) is 75.0 Å². The summed E-state index contributed by atoms with van der Waals surface area (Å²) in [5.74, 6) is -2.72. The van der Waals surface area contributed by atoms with Crippen LogP contribution in [0.2, 0.25) is 0 Å². The van der Waals surface area contributed by atoms with Crippen molar-refractivity contribution in [2.24, 2.45) is 17.8 Å². The van der Waals surface area contributed by atoms with E-state index in [1.807, 2.05) is 28.7 Å². The number of hydrogen-bond donors (Lipinski definition) is 1. The monoisotopic (exact) mass is 623 g/mol. The zero-order valence-electron chi connectivity index (χ0n) is 17.7. The van der Waals surface area contributed by atoms with Crippen LogP contribution in [0.3, 0.4) is 0 Å². The Morgan fingerprint density at radius 2 is 1.88 bits per heavy atom. The van der Waals surface area contributed by atoms with Crippen LogP contribution in [-0.2, 0) is 19.2 Å². The Morgan fingerprint density at radius 1 is 1.15 bits per heavy atom. The van der Waals surface area contributed by atoms with Gasteiger partial charge in [0.15, 0.2) is 23.1 Å². The van der Waals surface area contributed by atoms with E-state index in [0.717, 1.165) is 5.57 Å². The molecule has 1 aliphatic heterocycles. The number of aromatic hydroxyl groups is 1. The highest BCUT2D eigenvalue weighted by Crippen LogP contribution is 2.55. The minimum absolute atomic E-state index is 0.00650. The van der Waals surface area contributed by atoms with Crippen LogP contribution in [0, 0.1) is 21.3 Å². The molecule has 4 aliphatic rings. The number of methoxy groups -OCH3 is 1. The topological polar surface area (TPSA) is 101 Å². The third-order valence-corrected chi connectivity index (χ3v) is 8.57. The maximum atomic E-state index is 13.2. The minimum Gasteiger partial charge on any atom is -0.504 e. The van der Waals surface area contributed by atoms with E-state index in [0.29, 0.717) is 26.7 Å². The molecule has 4 atom stereocenters. The van der Waals surface area contributed by atoms with E-state index >= 15 is 0 Å². The Kier molecular flexibility index (Phi) is 5.39.